The topological polar surface area (TPSA) is 53.4 Å². The van der Waals surface area contributed by atoms with E-state index in [1.165, 1.54) is 6.07 Å². The van der Waals surface area contributed by atoms with E-state index in [-0.39, 0.29) is 16.6 Å². The van der Waals surface area contributed by atoms with Gasteiger partial charge in [0.05, 0.1) is 11.4 Å². The zero-order valence-corrected chi connectivity index (χ0v) is 12.2. The number of aromatic nitrogens is 1. The van der Waals surface area contributed by atoms with Gasteiger partial charge in [-0.1, -0.05) is 37.3 Å². The molecule has 0 aliphatic rings. The molecule has 0 saturated heterocycles. The van der Waals surface area contributed by atoms with Crippen molar-refractivity contribution in [2.75, 3.05) is 11.9 Å². The fourth-order valence-electron chi connectivity index (χ4n) is 1.83. The van der Waals surface area contributed by atoms with Crippen LogP contribution in [0, 0.1) is 5.82 Å². The Hall–Kier alpha value is -1.95. The van der Waals surface area contributed by atoms with Gasteiger partial charge < -0.3 is 10.0 Å². The molecular formula is C14H15FN2O2S. The predicted molar refractivity (Wildman–Crippen MR) is 77.6 cm³/mol. The molecule has 1 heterocycles. The van der Waals surface area contributed by atoms with Crippen molar-refractivity contribution in [1.82, 2.24) is 4.98 Å². The van der Waals surface area contributed by atoms with Gasteiger partial charge in [0.15, 0.2) is 5.13 Å². The molecule has 0 aliphatic carbocycles. The summed E-state index contributed by atoms with van der Waals surface area (Å²) in [6.45, 7) is 3.77. The Kier molecular flexibility index (Phi) is 4.04. The highest BCUT2D eigenvalue weighted by atomic mass is 32.1. The number of carboxylic acids is 1. The molecule has 20 heavy (non-hydrogen) atoms. The molecule has 1 N–H and O–H groups in total. The highest BCUT2D eigenvalue weighted by Crippen LogP contribution is 2.34. The zero-order chi connectivity index (χ0) is 14.9. The van der Waals surface area contributed by atoms with Crippen LogP contribution in [0.1, 0.15) is 35.1 Å². The SMILES string of the molecule is CC(C)c1nc(N(C)c2ccccc2F)sc1C(=O)O. The standard InChI is InChI=1S/C14H15FN2O2S/c1-8(2)11-12(13(18)19)20-14(16-11)17(3)10-7-5-4-6-9(10)15/h4-8H,1-3H3,(H,18,19). The van der Waals surface area contributed by atoms with Gasteiger partial charge in [-0.2, -0.15) is 0 Å². The van der Waals surface area contributed by atoms with Crippen molar-refractivity contribution in [3.8, 4) is 0 Å². The molecule has 0 amide bonds. The molecule has 1 aromatic heterocycles. The first kappa shape index (κ1) is 14.5. The molecule has 2 aromatic rings. The Morgan fingerprint density at radius 2 is 2.05 bits per heavy atom. The van der Waals surface area contributed by atoms with Crippen molar-refractivity contribution in [3.05, 3.63) is 40.7 Å². The summed E-state index contributed by atoms with van der Waals surface area (Å²) in [4.78, 5) is 17.4. The van der Waals surface area contributed by atoms with Crippen molar-refractivity contribution in [1.29, 1.82) is 0 Å². The van der Waals surface area contributed by atoms with Crippen molar-refractivity contribution in [2.24, 2.45) is 0 Å². The summed E-state index contributed by atoms with van der Waals surface area (Å²) < 4.78 is 13.8. The molecule has 0 aliphatic heterocycles. The van der Waals surface area contributed by atoms with Gasteiger partial charge in [-0.05, 0) is 18.1 Å². The number of thiazole rings is 1. The van der Waals surface area contributed by atoms with E-state index in [0.29, 0.717) is 16.5 Å². The van der Waals surface area contributed by atoms with E-state index in [2.05, 4.69) is 4.98 Å². The first-order chi connectivity index (χ1) is 9.41. The van der Waals surface area contributed by atoms with Crippen LogP contribution >= 0.6 is 11.3 Å². The van der Waals surface area contributed by atoms with Crippen LogP contribution < -0.4 is 4.90 Å². The monoisotopic (exact) mass is 294 g/mol. The second kappa shape index (κ2) is 5.58. The molecular weight excluding hydrogens is 279 g/mol. The minimum Gasteiger partial charge on any atom is -0.477 e. The summed E-state index contributed by atoms with van der Waals surface area (Å²) in [7, 11) is 1.67. The van der Waals surface area contributed by atoms with E-state index in [4.69, 9.17) is 0 Å². The Labute approximate surface area is 120 Å². The Balaban J connectivity index is 2.46. The quantitative estimate of drug-likeness (QED) is 0.930. The van der Waals surface area contributed by atoms with Gasteiger partial charge in [0, 0.05) is 7.05 Å². The number of hydrogen-bond donors (Lipinski definition) is 1. The summed E-state index contributed by atoms with van der Waals surface area (Å²) >= 11 is 1.06. The predicted octanol–water partition coefficient (Wildman–Crippen LogP) is 3.87. The fourth-order valence-corrected chi connectivity index (χ4v) is 2.87. The zero-order valence-electron chi connectivity index (χ0n) is 11.4. The molecule has 2 rings (SSSR count). The van der Waals surface area contributed by atoms with Crippen LogP contribution in [0.5, 0.6) is 0 Å². The summed E-state index contributed by atoms with van der Waals surface area (Å²) in [5, 5.41) is 9.68. The molecule has 0 radical (unpaired) electrons. The van der Waals surface area contributed by atoms with Crippen LogP contribution in [0.3, 0.4) is 0 Å². The highest BCUT2D eigenvalue weighted by molar-refractivity contribution is 7.17. The minimum atomic E-state index is -1.00. The lowest BCUT2D eigenvalue weighted by molar-refractivity contribution is 0.0700. The van der Waals surface area contributed by atoms with Gasteiger partial charge in [0.2, 0.25) is 0 Å². The average molecular weight is 294 g/mol. The maximum Gasteiger partial charge on any atom is 0.347 e. The van der Waals surface area contributed by atoms with Crippen LogP contribution in [0.15, 0.2) is 24.3 Å². The molecule has 1 aromatic carbocycles. The molecule has 6 heteroatoms. The fraction of sp³-hybridized carbons (Fsp3) is 0.286. The molecule has 106 valence electrons. The molecule has 0 fully saturated rings. The maximum absolute atomic E-state index is 13.8. The number of nitrogens with zero attached hydrogens (tertiary/aromatic N) is 2. The number of hydrogen-bond acceptors (Lipinski definition) is 4. The molecule has 0 atom stereocenters. The summed E-state index contributed by atoms with van der Waals surface area (Å²) in [5.74, 6) is -1.37. The van der Waals surface area contributed by atoms with Gasteiger partial charge in [-0.15, -0.1) is 0 Å². The van der Waals surface area contributed by atoms with Crippen molar-refractivity contribution < 1.29 is 14.3 Å². The lowest BCUT2D eigenvalue weighted by Crippen LogP contribution is -2.11. The summed E-state index contributed by atoms with van der Waals surface area (Å²) in [6, 6.07) is 6.33. The molecule has 4 nitrogen and oxygen atoms in total. The number of halogens is 1. The maximum atomic E-state index is 13.8. The van der Waals surface area contributed by atoms with Gasteiger partial charge in [0.1, 0.15) is 10.7 Å². The molecule has 0 bridgehead atoms. The number of para-hydroxylation sites is 1. The first-order valence-corrected chi connectivity index (χ1v) is 6.95. The summed E-state index contributed by atoms with van der Waals surface area (Å²) in [5.41, 5.74) is 0.897. The van der Waals surface area contributed by atoms with Crippen LogP contribution in [0.2, 0.25) is 0 Å². The van der Waals surface area contributed by atoms with E-state index in [1.807, 2.05) is 13.8 Å². The normalized spacial score (nSPS) is 10.8. The van der Waals surface area contributed by atoms with Crippen LogP contribution in [-0.4, -0.2) is 23.1 Å². The lowest BCUT2D eigenvalue weighted by Gasteiger charge is -2.16. The Morgan fingerprint density at radius 3 is 2.55 bits per heavy atom. The Morgan fingerprint density at radius 1 is 1.40 bits per heavy atom. The highest BCUT2D eigenvalue weighted by Gasteiger charge is 2.22. The summed E-state index contributed by atoms with van der Waals surface area (Å²) in [6.07, 6.45) is 0. The number of rotatable bonds is 4. The van der Waals surface area contributed by atoms with Gasteiger partial charge in [0.25, 0.3) is 0 Å². The van der Waals surface area contributed by atoms with Crippen molar-refractivity contribution >= 4 is 28.1 Å². The third kappa shape index (κ3) is 2.65. The molecule has 0 spiro atoms. The van der Waals surface area contributed by atoms with Gasteiger partial charge in [-0.25, -0.2) is 14.2 Å². The van der Waals surface area contributed by atoms with Crippen LogP contribution in [0.25, 0.3) is 0 Å². The average Bonchev–Trinajstić information content (AvgIpc) is 2.84. The number of benzene rings is 1. The van der Waals surface area contributed by atoms with E-state index >= 15 is 0 Å². The number of carboxylic acid groups (broad SMARTS) is 1. The van der Waals surface area contributed by atoms with Crippen molar-refractivity contribution in [3.63, 3.8) is 0 Å². The van der Waals surface area contributed by atoms with Crippen molar-refractivity contribution in [2.45, 2.75) is 19.8 Å². The number of carbonyl (C=O) groups is 1. The first-order valence-electron chi connectivity index (χ1n) is 6.14. The minimum absolute atomic E-state index is 0.000111. The molecule has 0 unspecified atom stereocenters. The lowest BCUT2D eigenvalue weighted by atomic mass is 10.1. The molecule has 0 saturated carbocycles. The van der Waals surface area contributed by atoms with E-state index in [0.717, 1.165) is 11.3 Å². The van der Waals surface area contributed by atoms with Crippen LogP contribution in [-0.2, 0) is 0 Å². The third-order valence-corrected chi connectivity index (χ3v) is 4.02. The van der Waals surface area contributed by atoms with Crippen LogP contribution in [0.4, 0.5) is 15.2 Å². The third-order valence-electron chi connectivity index (χ3n) is 2.88. The smallest absolute Gasteiger partial charge is 0.347 e. The second-order valence-corrected chi connectivity index (χ2v) is 5.66. The Bertz CT molecular complexity index is 640. The second-order valence-electron chi connectivity index (χ2n) is 4.68. The number of anilines is 2. The van der Waals surface area contributed by atoms with E-state index in [1.54, 1.807) is 30.1 Å². The number of aromatic carboxylic acids is 1. The van der Waals surface area contributed by atoms with Gasteiger partial charge >= 0.3 is 5.97 Å². The largest absolute Gasteiger partial charge is 0.477 e. The van der Waals surface area contributed by atoms with Gasteiger partial charge in [-0.3, -0.25) is 0 Å². The van der Waals surface area contributed by atoms with E-state index < -0.39 is 5.97 Å². The van der Waals surface area contributed by atoms with E-state index in [9.17, 15) is 14.3 Å².